The first-order valence-electron chi connectivity index (χ1n) is 11.8. The highest BCUT2D eigenvalue weighted by molar-refractivity contribution is 5.72. The average Bonchev–Trinajstić information content (AvgIpc) is 3.20. The van der Waals surface area contributed by atoms with Crippen molar-refractivity contribution in [2.45, 2.75) is 31.9 Å². The molecule has 1 saturated heterocycles. The smallest absolute Gasteiger partial charge is 0.143 e. The molecule has 2 aliphatic rings. The molecule has 0 aromatic heterocycles. The Bertz CT molecular complexity index is 1020. The largest absolute Gasteiger partial charge is 0.487 e. The van der Waals surface area contributed by atoms with Crippen LogP contribution >= 0.6 is 0 Å². The number of para-hydroxylation sites is 4. The SMILES string of the molecule is CN(C)c1ccccc1CCN1CCC[C@@H]1CN1c2ccccc2COc2ccccc21. The number of benzene rings is 3. The highest BCUT2D eigenvalue weighted by Crippen LogP contribution is 2.40. The van der Waals surface area contributed by atoms with E-state index in [2.05, 4.69) is 102 Å². The zero-order valence-electron chi connectivity index (χ0n) is 19.2. The van der Waals surface area contributed by atoms with E-state index in [1.54, 1.807) is 0 Å². The molecule has 0 spiro atoms. The van der Waals surface area contributed by atoms with Gasteiger partial charge in [-0.2, -0.15) is 0 Å². The first kappa shape index (κ1) is 20.9. The number of hydrogen-bond acceptors (Lipinski definition) is 4. The van der Waals surface area contributed by atoms with Gasteiger partial charge < -0.3 is 14.5 Å². The molecule has 166 valence electrons. The molecule has 0 bridgehead atoms. The van der Waals surface area contributed by atoms with Gasteiger partial charge in [0.2, 0.25) is 0 Å². The summed E-state index contributed by atoms with van der Waals surface area (Å²) in [6, 6.07) is 26.5. The van der Waals surface area contributed by atoms with Crippen molar-refractivity contribution in [2.75, 3.05) is 43.5 Å². The normalized spacial score (nSPS) is 17.9. The Hall–Kier alpha value is -2.98. The molecule has 0 saturated carbocycles. The van der Waals surface area contributed by atoms with Crippen LogP contribution in [0.25, 0.3) is 0 Å². The van der Waals surface area contributed by atoms with Gasteiger partial charge in [0, 0.05) is 50.2 Å². The van der Waals surface area contributed by atoms with Crippen molar-refractivity contribution in [1.82, 2.24) is 4.90 Å². The molecule has 0 radical (unpaired) electrons. The molecule has 0 unspecified atom stereocenters. The molecule has 4 heteroatoms. The van der Waals surface area contributed by atoms with E-state index in [1.165, 1.54) is 47.6 Å². The van der Waals surface area contributed by atoms with Crippen molar-refractivity contribution >= 4 is 17.1 Å². The molecule has 0 aliphatic carbocycles. The molecule has 1 fully saturated rings. The summed E-state index contributed by atoms with van der Waals surface area (Å²) in [5.74, 6) is 0.980. The molecule has 3 aromatic rings. The summed E-state index contributed by atoms with van der Waals surface area (Å²) in [7, 11) is 4.27. The Morgan fingerprint density at radius 1 is 0.906 bits per heavy atom. The van der Waals surface area contributed by atoms with Crippen molar-refractivity contribution in [3.8, 4) is 5.75 Å². The summed E-state index contributed by atoms with van der Waals surface area (Å²) in [5.41, 5.74) is 6.48. The fourth-order valence-corrected chi connectivity index (χ4v) is 5.21. The second-order valence-electron chi connectivity index (χ2n) is 9.10. The summed E-state index contributed by atoms with van der Waals surface area (Å²) in [6.45, 7) is 3.90. The van der Waals surface area contributed by atoms with Gasteiger partial charge in [-0.1, -0.05) is 48.5 Å². The zero-order valence-corrected chi connectivity index (χ0v) is 19.2. The molecular formula is C28H33N3O. The third-order valence-corrected chi connectivity index (χ3v) is 6.86. The second kappa shape index (κ2) is 9.25. The second-order valence-corrected chi connectivity index (χ2v) is 9.10. The number of rotatable bonds is 6. The predicted octanol–water partition coefficient (Wildman–Crippen LogP) is 5.49. The lowest BCUT2D eigenvalue weighted by Gasteiger charge is -2.33. The minimum absolute atomic E-state index is 0.542. The molecule has 2 aliphatic heterocycles. The molecule has 4 nitrogen and oxygen atoms in total. The summed E-state index contributed by atoms with van der Waals surface area (Å²) < 4.78 is 6.18. The Kier molecular flexibility index (Phi) is 6.04. The number of nitrogens with zero attached hydrogens (tertiary/aromatic N) is 3. The predicted molar refractivity (Wildman–Crippen MR) is 133 cm³/mol. The topological polar surface area (TPSA) is 19.0 Å². The third kappa shape index (κ3) is 4.20. The number of hydrogen-bond donors (Lipinski definition) is 0. The highest BCUT2D eigenvalue weighted by atomic mass is 16.5. The van der Waals surface area contributed by atoms with Gasteiger partial charge in [0.1, 0.15) is 12.4 Å². The van der Waals surface area contributed by atoms with Crippen molar-refractivity contribution in [3.05, 3.63) is 83.9 Å². The lowest BCUT2D eigenvalue weighted by atomic mass is 10.1. The summed E-state index contributed by atoms with van der Waals surface area (Å²) in [5, 5.41) is 0. The van der Waals surface area contributed by atoms with Crippen molar-refractivity contribution in [1.29, 1.82) is 0 Å². The summed E-state index contributed by atoms with van der Waals surface area (Å²) in [4.78, 5) is 7.42. The minimum atomic E-state index is 0.542. The molecule has 0 N–H and O–H groups in total. The average molecular weight is 428 g/mol. The van der Waals surface area contributed by atoms with Crippen LogP contribution in [0, 0.1) is 0 Å². The van der Waals surface area contributed by atoms with Gasteiger partial charge in [-0.3, -0.25) is 4.90 Å². The van der Waals surface area contributed by atoms with E-state index in [-0.39, 0.29) is 0 Å². The first-order chi connectivity index (χ1) is 15.7. The fourth-order valence-electron chi connectivity index (χ4n) is 5.21. The molecule has 1 atom stereocenters. The monoisotopic (exact) mass is 427 g/mol. The van der Waals surface area contributed by atoms with E-state index < -0.39 is 0 Å². The molecule has 3 aromatic carbocycles. The van der Waals surface area contributed by atoms with Gasteiger partial charge in [0.05, 0.1) is 5.69 Å². The van der Waals surface area contributed by atoms with Crippen LogP contribution in [0.5, 0.6) is 5.75 Å². The number of anilines is 3. The van der Waals surface area contributed by atoms with Gasteiger partial charge in [-0.25, -0.2) is 0 Å². The van der Waals surface area contributed by atoms with Crippen LogP contribution in [-0.4, -0.2) is 44.7 Å². The first-order valence-corrected chi connectivity index (χ1v) is 11.8. The van der Waals surface area contributed by atoms with Crippen LogP contribution in [0.3, 0.4) is 0 Å². The van der Waals surface area contributed by atoms with Crippen molar-refractivity contribution in [3.63, 3.8) is 0 Å². The van der Waals surface area contributed by atoms with Crippen molar-refractivity contribution in [2.24, 2.45) is 0 Å². The van der Waals surface area contributed by atoms with Gasteiger partial charge in [0.25, 0.3) is 0 Å². The number of likely N-dealkylation sites (tertiary alicyclic amines) is 1. The van der Waals surface area contributed by atoms with Gasteiger partial charge in [0.15, 0.2) is 0 Å². The van der Waals surface area contributed by atoms with Gasteiger partial charge in [-0.15, -0.1) is 0 Å². The lowest BCUT2D eigenvalue weighted by molar-refractivity contribution is 0.261. The minimum Gasteiger partial charge on any atom is -0.487 e. The van der Waals surface area contributed by atoms with E-state index in [9.17, 15) is 0 Å². The lowest BCUT2D eigenvalue weighted by Crippen LogP contribution is -2.39. The Morgan fingerprint density at radius 2 is 1.66 bits per heavy atom. The Labute approximate surface area is 192 Å². The van der Waals surface area contributed by atoms with Crippen molar-refractivity contribution < 1.29 is 4.74 Å². The van der Waals surface area contributed by atoms with E-state index in [0.29, 0.717) is 12.6 Å². The highest BCUT2D eigenvalue weighted by Gasteiger charge is 2.30. The third-order valence-electron chi connectivity index (χ3n) is 6.86. The summed E-state index contributed by atoms with van der Waals surface area (Å²) in [6.07, 6.45) is 3.60. The Morgan fingerprint density at radius 3 is 2.53 bits per heavy atom. The number of ether oxygens (including phenoxy) is 1. The van der Waals surface area contributed by atoms with E-state index in [0.717, 1.165) is 25.3 Å². The maximum atomic E-state index is 6.18. The van der Waals surface area contributed by atoms with Gasteiger partial charge in [-0.05, 0) is 55.6 Å². The van der Waals surface area contributed by atoms with Crippen LogP contribution in [0.2, 0.25) is 0 Å². The molecule has 32 heavy (non-hydrogen) atoms. The van der Waals surface area contributed by atoms with Crippen LogP contribution in [-0.2, 0) is 13.0 Å². The summed E-state index contributed by atoms with van der Waals surface area (Å²) >= 11 is 0. The van der Waals surface area contributed by atoms with Crippen LogP contribution in [0.4, 0.5) is 17.1 Å². The molecular weight excluding hydrogens is 394 g/mol. The van der Waals surface area contributed by atoms with Crippen LogP contribution in [0.15, 0.2) is 72.8 Å². The van der Waals surface area contributed by atoms with E-state index >= 15 is 0 Å². The zero-order chi connectivity index (χ0) is 21.9. The molecule has 5 rings (SSSR count). The van der Waals surface area contributed by atoms with E-state index in [4.69, 9.17) is 4.74 Å². The van der Waals surface area contributed by atoms with Gasteiger partial charge >= 0.3 is 0 Å². The van der Waals surface area contributed by atoms with E-state index in [1.807, 2.05) is 0 Å². The fraction of sp³-hybridized carbons (Fsp3) is 0.357. The maximum absolute atomic E-state index is 6.18. The van der Waals surface area contributed by atoms with Crippen LogP contribution < -0.4 is 14.5 Å². The Balaban J connectivity index is 1.37. The maximum Gasteiger partial charge on any atom is 0.143 e. The standard InChI is InChI=1S/C28H33N3O/c1-29(2)25-13-5-3-10-22(25)17-19-30-18-9-12-24(30)20-31-26-14-6-4-11-23(26)21-32-28-16-8-7-15-27(28)31/h3-8,10-11,13-16,24H,9,12,17-21H2,1-2H3/t24-/m1/s1. The molecule has 0 amide bonds. The number of fused-ring (bicyclic) bond motifs is 2. The quantitative estimate of drug-likeness (QED) is 0.518. The van der Waals surface area contributed by atoms with Crippen LogP contribution in [0.1, 0.15) is 24.0 Å². The molecule has 2 heterocycles.